The van der Waals surface area contributed by atoms with E-state index < -0.39 is 5.79 Å². The van der Waals surface area contributed by atoms with E-state index in [1.807, 2.05) is 4.90 Å². The lowest BCUT2D eigenvalue weighted by molar-refractivity contribution is -0.193. The van der Waals surface area contributed by atoms with Gasteiger partial charge in [-0.05, 0) is 25.7 Å². The topological polar surface area (TPSA) is 48.0 Å². The molecule has 0 radical (unpaired) electrons. The molecular formula is C14H23NO4. The summed E-state index contributed by atoms with van der Waals surface area (Å²) in [6.07, 6.45) is 4.99. The molecule has 2 atom stereocenters. The fourth-order valence-electron chi connectivity index (χ4n) is 3.63. The van der Waals surface area contributed by atoms with Crippen LogP contribution in [0.2, 0.25) is 0 Å². The summed E-state index contributed by atoms with van der Waals surface area (Å²) >= 11 is 0. The summed E-state index contributed by atoms with van der Waals surface area (Å²) in [7, 11) is 1.72. The first-order valence-corrected chi connectivity index (χ1v) is 7.35. The molecule has 0 aromatic heterocycles. The number of nitrogens with zero attached hydrogens (tertiary/aromatic N) is 1. The van der Waals surface area contributed by atoms with Gasteiger partial charge in [0.05, 0.1) is 25.2 Å². The molecule has 0 aromatic rings. The van der Waals surface area contributed by atoms with E-state index in [0.717, 1.165) is 38.6 Å². The number of amides is 1. The summed E-state index contributed by atoms with van der Waals surface area (Å²) in [5.41, 5.74) is 0. The van der Waals surface area contributed by atoms with Crippen LogP contribution in [-0.2, 0) is 19.0 Å². The first-order chi connectivity index (χ1) is 9.25. The van der Waals surface area contributed by atoms with Crippen LogP contribution in [0, 0.1) is 5.92 Å². The summed E-state index contributed by atoms with van der Waals surface area (Å²) < 4.78 is 17.0. The van der Waals surface area contributed by atoms with Crippen molar-refractivity contribution in [3.8, 4) is 0 Å². The Kier molecular flexibility index (Phi) is 3.78. The molecule has 2 unspecified atom stereocenters. The molecule has 0 N–H and O–H groups in total. The molecular weight excluding hydrogens is 246 g/mol. The summed E-state index contributed by atoms with van der Waals surface area (Å²) in [4.78, 5) is 14.7. The monoisotopic (exact) mass is 269 g/mol. The van der Waals surface area contributed by atoms with Gasteiger partial charge >= 0.3 is 0 Å². The third-order valence-electron chi connectivity index (χ3n) is 4.65. The van der Waals surface area contributed by atoms with Crippen LogP contribution >= 0.6 is 0 Å². The molecule has 1 spiro atoms. The van der Waals surface area contributed by atoms with E-state index >= 15 is 0 Å². The molecule has 0 bridgehead atoms. The zero-order valence-electron chi connectivity index (χ0n) is 11.6. The van der Waals surface area contributed by atoms with Gasteiger partial charge in [0.1, 0.15) is 0 Å². The Labute approximate surface area is 114 Å². The van der Waals surface area contributed by atoms with Gasteiger partial charge in [-0.15, -0.1) is 0 Å². The van der Waals surface area contributed by atoms with Crippen LogP contribution in [0.5, 0.6) is 0 Å². The number of likely N-dealkylation sites (tertiary alicyclic amines) is 1. The third-order valence-corrected chi connectivity index (χ3v) is 4.65. The zero-order valence-corrected chi connectivity index (χ0v) is 11.6. The summed E-state index contributed by atoms with van der Waals surface area (Å²) in [5.74, 6) is -0.538. The highest BCUT2D eigenvalue weighted by Gasteiger charge is 2.52. The van der Waals surface area contributed by atoms with Crippen LogP contribution in [0.3, 0.4) is 0 Å². The minimum absolute atomic E-state index is 0.120. The molecule has 2 saturated heterocycles. The van der Waals surface area contributed by atoms with Crippen molar-refractivity contribution in [1.29, 1.82) is 0 Å². The second-order valence-electron chi connectivity index (χ2n) is 5.74. The van der Waals surface area contributed by atoms with Crippen LogP contribution in [-0.4, -0.2) is 56.1 Å². The van der Waals surface area contributed by atoms with Crippen LogP contribution in [0.25, 0.3) is 0 Å². The van der Waals surface area contributed by atoms with Crippen molar-refractivity contribution in [2.24, 2.45) is 5.92 Å². The van der Waals surface area contributed by atoms with Crippen LogP contribution < -0.4 is 0 Å². The Bertz CT molecular complexity index is 335. The zero-order chi connectivity index (χ0) is 13.3. The van der Waals surface area contributed by atoms with Crippen molar-refractivity contribution in [2.45, 2.75) is 44.0 Å². The fourth-order valence-corrected chi connectivity index (χ4v) is 3.63. The minimum atomic E-state index is -0.614. The van der Waals surface area contributed by atoms with Gasteiger partial charge in [-0.2, -0.15) is 0 Å². The Morgan fingerprint density at radius 3 is 2.79 bits per heavy atom. The predicted molar refractivity (Wildman–Crippen MR) is 68.6 cm³/mol. The van der Waals surface area contributed by atoms with Crippen molar-refractivity contribution in [1.82, 2.24) is 4.90 Å². The van der Waals surface area contributed by atoms with Crippen molar-refractivity contribution in [3.05, 3.63) is 0 Å². The molecule has 2 aliphatic heterocycles. The molecule has 2 heterocycles. The van der Waals surface area contributed by atoms with Crippen molar-refractivity contribution < 1.29 is 19.0 Å². The molecule has 3 aliphatic rings. The van der Waals surface area contributed by atoms with Crippen molar-refractivity contribution in [2.75, 3.05) is 33.4 Å². The third kappa shape index (κ3) is 2.39. The summed E-state index contributed by atoms with van der Waals surface area (Å²) in [5, 5.41) is 0. The molecule has 108 valence electrons. The lowest BCUT2D eigenvalue weighted by Gasteiger charge is -2.37. The molecule has 19 heavy (non-hydrogen) atoms. The SMILES string of the molecule is COC1CCCN(C(=O)C2CCCC23OCCO3)C1. The lowest BCUT2D eigenvalue weighted by Crippen LogP contribution is -2.50. The molecule has 1 saturated carbocycles. The van der Waals surface area contributed by atoms with E-state index in [0.29, 0.717) is 19.8 Å². The predicted octanol–water partition coefficient (Wildman–Crippen LogP) is 1.17. The maximum atomic E-state index is 12.7. The highest BCUT2D eigenvalue weighted by molar-refractivity contribution is 5.80. The quantitative estimate of drug-likeness (QED) is 0.755. The molecule has 3 fully saturated rings. The first-order valence-electron chi connectivity index (χ1n) is 7.35. The molecule has 1 amide bonds. The number of hydrogen-bond donors (Lipinski definition) is 0. The number of piperidine rings is 1. The Balaban J connectivity index is 1.69. The van der Waals surface area contributed by atoms with E-state index in [9.17, 15) is 4.79 Å². The number of carbonyl (C=O) groups excluding carboxylic acids is 1. The van der Waals surface area contributed by atoms with E-state index in [1.54, 1.807) is 7.11 Å². The van der Waals surface area contributed by atoms with Gasteiger partial charge in [0.2, 0.25) is 5.91 Å². The number of carbonyl (C=O) groups is 1. The van der Waals surface area contributed by atoms with Gasteiger partial charge < -0.3 is 19.1 Å². The van der Waals surface area contributed by atoms with Gasteiger partial charge in [0, 0.05) is 26.6 Å². The maximum absolute atomic E-state index is 12.7. The molecule has 5 heteroatoms. The summed E-state index contributed by atoms with van der Waals surface area (Å²) in [6.45, 7) is 2.78. The minimum Gasteiger partial charge on any atom is -0.380 e. The number of ether oxygens (including phenoxy) is 3. The van der Waals surface area contributed by atoms with E-state index in [4.69, 9.17) is 14.2 Å². The second-order valence-corrected chi connectivity index (χ2v) is 5.74. The molecule has 1 aliphatic carbocycles. The normalized spacial score (nSPS) is 34.1. The maximum Gasteiger partial charge on any atom is 0.231 e. The van der Waals surface area contributed by atoms with Gasteiger partial charge in [-0.1, -0.05) is 0 Å². The van der Waals surface area contributed by atoms with Crippen LogP contribution in [0.15, 0.2) is 0 Å². The standard InChI is InChI=1S/C14H23NO4/c1-17-11-4-3-7-15(10-11)13(16)12-5-2-6-14(12)18-8-9-19-14/h11-12H,2-10H2,1H3. The lowest BCUT2D eigenvalue weighted by atomic mass is 9.98. The van der Waals surface area contributed by atoms with E-state index in [1.165, 1.54) is 0 Å². The van der Waals surface area contributed by atoms with Gasteiger partial charge in [-0.3, -0.25) is 4.79 Å². The smallest absolute Gasteiger partial charge is 0.231 e. The summed E-state index contributed by atoms with van der Waals surface area (Å²) in [6, 6.07) is 0. The number of methoxy groups -OCH3 is 1. The fraction of sp³-hybridized carbons (Fsp3) is 0.929. The highest BCUT2D eigenvalue weighted by Crippen LogP contribution is 2.43. The van der Waals surface area contributed by atoms with E-state index in [-0.39, 0.29) is 17.9 Å². The average Bonchev–Trinajstić information content (AvgIpc) is 3.09. The molecule has 5 nitrogen and oxygen atoms in total. The average molecular weight is 269 g/mol. The van der Waals surface area contributed by atoms with Crippen LogP contribution in [0.1, 0.15) is 32.1 Å². The van der Waals surface area contributed by atoms with Crippen molar-refractivity contribution in [3.63, 3.8) is 0 Å². The Hall–Kier alpha value is -0.650. The molecule has 0 aromatic carbocycles. The van der Waals surface area contributed by atoms with Crippen molar-refractivity contribution >= 4 is 5.91 Å². The number of rotatable bonds is 2. The highest BCUT2D eigenvalue weighted by atomic mass is 16.7. The van der Waals surface area contributed by atoms with Crippen LogP contribution in [0.4, 0.5) is 0 Å². The Morgan fingerprint density at radius 1 is 1.26 bits per heavy atom. The Morgan fingerprint density at radius 2 is 2.05 bits per heavy atom. The first kappa shape index (κ1) is 13.3. The van der Waals surface area contributed by atoms with Gasteiger partial charge in [0.25, 0.3) is 0 Å². The second kappa shape index (κ2) is 5.38. The molecule has 3 rings (SSSR count). The van der Waals surface area contributed by atoms with Gasteiger partial charge in [-0.25, -0.2) is 0 Å². The number of hydrogen-bond acceptors (Lipinski definition) is 4. The van der Waals surface area contributed by atoms with Gasteiger partial charge in [0.15, 0.2) is 5.79 Å². The van der Waals surface area contributed by atoms with E-state index in [2.05, 4.69) is 0 Å². The largest absolute Gasteiger partial charge is 0.380 e.